The molecule has 1 aliphatic rings. The minimum Gasteiger partial charge on any atom is -0.481 e. The molecule has 110 valence electrons. The van der Waals surface area contributed by atoms with Gasteiger partial charge in [-0.3, -0.25) is 4.79 Å². The van der Waals surface area contributed by atoms with Crippen LogP contribution in [-0.2, 0) is 9.53 Å². The molecule has 1 saturated heterocycles. The number of hydrogen-bond acceptors (Lipinski definition) is 3. The van der Waals surface area contributed by atoms with Gasteiger partial charge < -0.3 is 15.6 Å². The molecule has 20 heavy (non-hydrogen) atoms. The van der Waals surface area contributed by atoms with Crippen molar-refractivity contribution in [1.82, 2.24) is 0 Å². The molecule has 0 aliphatic carbocycles. The van der Waals surface area contributed by atoms with Crippen molar-refractivity contribution in [2.45, 2.75) is 44.4 Å². The van der Waals surface area contributed by atoms with E-state index < -0.39 is 11.9 Å². The second kappa shape index (κ2) is 6.75. The molecular weight excluding hydrogens is 254 g/mol. The maximum Gasteiger partial charge on any atom is 0.311 e. The summed E-state index contributed by atoms with van der Waals surface area (Å²) >= 11 is 0. The Morgan fingerprint density at radius 1 is 1.45 bits per heavy atom. The summed E-state index contributed by atoms with van der Waals surface area (Å²) in [5.74, 6) is -0.901. The molecule has 2 rings (SSSR count). The van der Waals surface area contributed by atoms with Crippen molar-refractivity contribution in [3.8, 4) is 0 Å². The largest absolute Gasteiger partial charge is 0.481 e. The van der Waals surface area contributed by atoms with Gasteiger partial charge in [-0.2, -0.15) is 0 Å². The third kappa shape index (κ3) is 3.12. The predicted molar refractivity (Wildman–Crippen MR) is 78.9 cm³/mol. The topological polar surface area (TPSA) is 72.5 Å². The van der Waals surface area contributed by atoms with Crippen molar-refractivity contribution in [3.05, 3.63) is 29.3 Å². The van der Waals surface area contributed by atoms with Crippen molar-refractivity contribution >= 4 is 11.7 Å². The van der Waals surface area contributed by atoms with Gasteiger partial charge in [0.15, 0.2) is 0 Å². The van der Waals surface area contributed by atoms with Crippen LogP contribution >= 0.6 is 0 Å². The van der Waals surface area contributed by atoms with Gasteiger partial charge in [0.2, 0.25) is 0 Å². The Bertz CT molecular complexity index is 467. The van der Waals surface area contributed by atoms with E-state index in [1.165, 1.54) is 0 Å². The number of hydrogen-bond donors (Lipinski definition) is 2. The highest BCUT2D eigenvalue weighted by Gasteiger charge is 2.25. The van der Waals surface area contributed by atoms with Crippen LogP contribution in [-0.4, -0.2) is 24.3 Å². The number of carboxylic acid groups (broad SMARTS) is 1. The number of nitrogens with two attached hydrogens (primary N) is 1. The first-order valence-electron chi connectivity index (χ1n) is 7.34. The molecule has 0 bridgehead atoms. The molecular formula is C16H23NO3. The summed E-state index contributed by atoms with van der Waals surface area (Å²) in [5.41, 5.74) is 8.80. The number of benzene rings is 1. The Morgan fingerprint density at radius 2 is 2.15 bits per heavy atom. The van der Waals surface area contributed by atoms with Gasteiger partial charge in [-0.05, 0) is 36.3 Å². The van der Waals surface area contributed by atoms with Crippen LogP contribution in [0.5, 0.6) is 0 Å². The third-order valence-corrected chi connectivity index (χ3v) is 4.09. The van der Waals surface area contributed by atoms with E-state index in [9.17, 15) is 9.90 Å². The van der Waals surface area contributed by atoms with Crippen molar-refractivity contribution in [2.24, 2.45) is 0 Å². The number of nitrogen functional groups attached to an aromatic ring is 1. The molecule has 4 nitrogen and oxygen atoms in total. The summed E-state index contributed by atoms with van der Waals surface area (Å²) in [4.78, 5) is 11.5. The highest BCUT2D eigenvalue weighted by Crippen LogP contribution is 2.36. The van der Waals surface area contributed by atoms with Gasteiger partial charge in [0.1, 0.15) is 0 Å². The van der Waals surface area contributed by atoms with E-state index in [0.29, 0.717) is 18.0 Å². The average Bonchev–Trinajstić information content (AvgIpc) is 2.46. The Kier molecular flexibility index (Phi) is 5.01. The van der Waals surface area contributed by atoms with Crippen LogP contribution in [0.4, 0.5) is 5.69 Å². The van der Waals surface area contributed by atoms with Crippen molar-refractivity contribution in [3.63, 3.8) is 0 Å². The van der Waals surface area contributed by atoms with Gasteiger partial charge in [0.05, 0.1) is 5.92 Å². The molecule has 1 aromatic rings. The molecule has 0 radical (unpaired) electrons. The van der Waals surface area contributed by atoms with Crippen LogP contribution in [0.25, 0.3) is 0 Å². The summed E-state index contributed by atoms with van der Waals surface area (Å²) in [6.45, 7) is 3.51. The lowest BCUT2D eigenvalue weighted by Gasteiger charge is -2.25. The second-order valence-corrected chi connectivity index (χ2v) is 5.42. The van der Waals surface area contributed by atoms with E-state index in [0.717, 1.165) is 43.6 Å². The lowest BCUT2D eigenvalue weighted by atomic mass is 9.85. The fourth-order valence-corrected chi connectivity index (χ4v) is 2.97. The Balaban J connectivity index is 2.32. The van der Waals surface area contributed by atoms with Crippen molar-refractivity contribution in [2.75, 3.05) is 18.9 Å². The Labute approximate surface area is 119 Å². The summed E-state index contributed by atoms with van der Waals surface area (Å²) in [5, 5.41) is 9.41. The van der Waals surface area contributed by atoms with E-state index in [1.54, 1.807) is 0 Å². The minimum atomic E-state index is -0.789. The highest BCUT2D eigenvalue weighted by atomic mass is 16.5. The first-order chi connectivity index (χ1) is 9.65. The van der Waals surface area contributed by atoms with Gasteiger partial charge in [0.25, 0.3) is 0 Å². The molecule has 1 heterocycles. The van der Waals surface area contributed by atoms with Gasteiger partial charge >= 0.3 is 5.97 Å². The fourth-order valence-electron chi connectivity index (χ4n) is 2.97. The first-order valence-corrected chi connectivity index (χ1v) is 7.34. The van der Waals surface area contributed by atoms with Crippen molar-refractivity contribution < 1.29 is 14.6 Å². The zero-order valence-corrected chi connectivity index (χ0v) is 12.0. The van der Waals surface area contributed by atoms with Crippen LogP contribution in [0.2, 0.25) is 0 Å². The molecule has 0 aromatic heterocycles. The maximum absolute atomic E-state index is 11.5. The van der Waals surface area contributed by atoms with E-state index in [4.69, 9.17) is 10.5 Å². The normalized spacial score (nSPS) is 17.9. The van der Waals surface area contributed by atoms with Crippen molar-refractivity contribution in [1.29, 1.82) is 0 Å². The molecule has 1 unspecified atom stereocenters. The molecule has 0 saturated carbocycles. The first kappa shape index (κ1) is 14.9. The number of para-hydroxylation sites is 1. The number of carbonyl (C=O) groups is 1. The number of rotatable bonds is 5. The van der Waals surface area contributed by atoms with Crippen LogP contribution in [0.15, 0.2) is 18.2 Å². The van der Waals surface area contributed by atoms with Gasteiger partial charge in [0, 0.05) is 18.9 Å². The van der Waals surface area contributed by atoms with Crippen LogP contribution in [0, 0.1) is 0 Å². The molecule has 0 spiro atoms. The molecule has 1 aliphatic heterocycles. The van der Waals surface area contributed by atoms with Gasteiger partial charge in [-0.25, -0.2) is 0 Å². The molecule has 4 heteroatoms. The molecule has 1 aromatic carbocycles. The average molecular weight is 277 g/mol. The van der Waals surface area contributed by atoms with E-state index >= 15 is 0 Å². The molecule has 0 amide bonds. The third-order valence-electron chi connectivity index (χ3n) is 4.09. The summed E-state index contributed by atoms with van der Waals surface area (Å²) in [7, 11) is 0. The number of carboxylic acids is 1. The zero-order chi connectivity index (χ0) is 14.5. The van der Waals surface area contributed by atoms with E-state index in [1.807, 2.05) is 25.1 Å². The monoisotopic (exact) mass is 277 g/mol. The quantitative estimate of drug-likeness (QED) is 0.811. The number of ether oxygens (including phenoxy) is 1. The van der Waals surface area contributed by atoms with E-state index in [2.05, 4.69) is 0 Å². The predicted octanol–water partition coefficient (Wildman–Crippen LogP) is 3.13. The minimum absolute atomic E-state index is 0.389. The van der Waals surface area contributed by atoms with E-state index in [-0.39, 0.29) is 0 Å². The van der Waals surface area contributed by atoms with Crippen LogP contribution in [0.3, 0.4) is 0 Å². The van der Waals surface area contributed by atoms with Crippen LogP contribution in [0.1, 0.15) is 55.6 Å². The lowest BCUT2D eigenvalue weighted by molar-refractivity contribution is -0.139. The Morgan fingerprint density at radius 3 is 2.75 bits per heavy atom. The lowest BCUT2D eigenvalue weighted by Crippen LogP contribution is -2.18. The SMILES string of the molecule is CCCC(C(=O)O)c1cccc(C2CCOCC2)c1N. The molecule has 3 N–H and O–H groups in total. The number of aliphatic carboxylic acids is 1. The standard InChI is InChI=1S/C16H23NO3/c1-2-4-14(16(18)19)13-6-3-5-12(15(13)17)11-7-9-20-10-8-11/h3,5-6,11,14H,2,4,7-10,17H2,1H3,(H,18,19). The van der Waals surface area contributed by atoms with Crippen LogP contribution < -0.4 is 5.73 Å². The smallest absolute Gasteiger partial charge is 0.311 e. The van der Waals surface area contributed by atoms with Gasteiger partial charge in [-0.15, -0.1) is 0 Å². The molecule has 1 fully saturated rings. The summed E-state index contributed by atoms with van der Waals surface area (Å²) in [6.07, 6.45) is 3.37. The zero-order valence-electron chi connectivity index (χ0n) is 12.0. The maximum atomic E-state index is 11.5. The van der Waals surface area contributed by atoms with Gasteiger partial charge in [-0.1, -0.05) is 31.5 Å². The Hall–Kier alpha value is -1.55. The molecule has 1 atom stereocenters. The summed E-state index contributed by atoms with van der Waals surface area (Å²) in [6, 6.07) is 5.81. The highest BCUT2D eigenvalue weighted by molar-refractivity contribution is 5.79. The number of anilines is 1. The fraction of sp³-hybridized carbons (Fsp3) is 0.562. The second-order valence-electron chi connectivity index (χ2n) is 5.42. The summed E-state index contributed by atoms with van der Waals surface area (Å²) < 4.78 is 5.38.